The maximum absolute atomic E-state index is 14.0. The number of amides is 2. The van der Waals surface area contributed by atoms with E-state index in [-0.39, 0.29) is 24.9 Å². The van der Waals surface area contributed by atoms with Gasteiger partial charge in [-0.1, -0.05) is 60.2 Å². The highest BCUT2D eigenvalue weighted by Crippen LogP contribution is 2.36. The number of carbonyl (C=O) groups excluding carboxylic acids is 2. The maximum Gasteiger partial charge on any atom is 0.263 e. The summed E-state index contributed by atoms with van der Waals surface area (Å²) in [4.78, 5) is 29.0. The molecule has 0 bridgehead atoms. The number of para-hydroxylation sites is 2. The van der Waals surface area contributed by atoms with Crippen molar-refractivity contribution in [2.45, 2.75) is 51.2 Å². The first-order valence-corrected chi connectivity index (χ1v) is 15.1. The number of nitrogens with zero attached hydrogens (tertiary/aromatic N) is 2. The van der Waals surface area contributed by atoms with Crippen molar-refractivity contribution in [2.75, 3.05) is 24.5 Å². The van der Waals surface area contributed by atoms with Crippen molar-refractivity contribution < 1.29 is 22.7 Å². The molecule has 40 heavy (non-hydrogen) atoms. The predicted octanol–water partition coefficient (Wildman–Crippen LogP) is 4.12. The first-order valence-electron chi connectivity index (χ1n) is 13.6. The molecular formula is C31H35N3O5S. The van der Waals surface area contributed by atoms with Crippen LogP contribution in [-0.4, -0.2) is 50.3 Å². The average Bonchev–Trinajstić information content (AvgIpc) is 2.95. The van der Waals surface area contributed by atoms with Crippen molar-refractivity contribution >= 4 is 27.5 Å². The maximum atomic E-state index is 14.0. The second kappa shape index (κ2) is 11.4. The number of carbonyl (C=O) groups is 2. The van der Waals surface area contributed by atoms with Gasteiger partial charge in [-0.15, -0.1) is 0 Å². The summed E-state index contributed by atoms with van der Waals surface area (Å²) in [6.45, 7) is 6.43. The Balaban J connectivity index is 1.35. The molecule has 9 heteroatoms. The van der Waals surface area contributed by atoms with Crippen LogP contribution in [-0.2, 0) is 26.2 Å². The van der Waals surface area contributed by atoms with Crippen LogP contribution in [0.4, 0.5) is 5.69 Å². The predicted molar refractivity (Wildman–Crippen MR) is 154 cm³/mol. The zero-order valence-corrected chi connectivity index (χ0v) is 23.9. The number of hydrogen-bond acceptors (Lipinski definition) is 5. The smallest absolute Gasteiger partial charge is 0.263 e. The molecule has 2 amide bonds. The third-order valence-electron chi connectivity index (χ3n) is 7.58. The van der Waals surface area contributed by atoms with Crippen molar-refractivity contribution in [2.24, 2.45) is 5.92 Å². The minimum atomic E-state index is -3.78. The molecule has 8 nitrogen and oxygen atoms in total. The normalized spacial score (nSPS) is 19.4. The molecule has 5 rings (SSSR count). The molecular weight excluding hydrogens is 526 g/mol. The number of nitrogens with one attached hydrogen (secondary N) is 1. The van der Waals surface area contributed by atoms with Gasteiger partial charge in [-0.25, -0.2) is 8.42 Å². The number of ether oxygens (including phenoxy) is 1. The van der Waals surface area contributed by atoms with Crippen molar-refractivity contribution in [3.8, 4) is 5.75 Å². The summed E-state index contributed by atoms with van der Waals surface area (Å²) in [6.07, 6.45) is 0.261. The Kier molecular flexibility index (Phi) is 7.96. The summed E-state index contributed by atoms with van der Waals surface area (Å²) in [7, 11) is -3.78. The van der Waals surface area contributed by atoms with Gasteiger partial charge >= 0.3 is 0 Å². The first kappa shape index (κ1) is 27.9. The Morgan fingerprint density at radius 1 is 0.950 bits per heavy atom. The average molecular weight is 562 g/mol. The molecule has 3 aromatic rings. The molecule has 2 heterocycles. The van der Waals surface area contributed by atoms with Crippen LogP contribution in [0.3, 0.4) is 0 Å². The third-order valence-corrected chi connectivity index (χ3v) is 9.75. The van der Waals surface area contributed by atoms with E-state index in [2.05, 4.69) is 5.32 Å². The number of fused-ring (bicyclic) bond motifs is 1. The van der Waals surface area contributed by atoms with Crippen LogP contribution in [0.2, 0.25) is 0 Å². The van der Waals surface area contributed by atoms with Gasteiger partial charge in [-0.3, -0.25) is 9.59 Å². The Hall–Kier alpha value is -3.69. The van der Waals surface area contributed by atoms with Crippen molar-refractivity contribution in [3.05, 3.63) is 89.0 Å². The summed E-state index contributed by atoms with van der Waals surface area (Å²) in [5.41, 5.74) is 3.97. The zero-order chi connectivity index (χ0) is 28.4. The fourth-order valence-electron chi connectivity index (χ4n) is 5.76. The summed E-state index contributed by atoms with van der Waals surface area (Å²) in [5, 5.41) is 2.91. The van der Waals surface area contributed by atoms with Crippen LogP contribution in [0.1, 0.15) is 35.1 Å². The van der Waals surface area contributed by atoms with Crippen LogP contribution >= 0.6 is 0 Å². The molecule has 1 N–H and O–H groups in total. The second-order valence-corrected chi connectivity index (χ2v) is 12.5. The standard InChI is InChI=1S/C31H35N3O5S/c1-21-16-22(2)29(23(3)17-21)40(37,38)33-15-9-12-25(19-33)31(36)34-20-28(39-27-14-8-7-13-26(27)34)30(35)32-18-24-10-5-4-6-11-24/h4-8,10-11,13-14,16-17,25,28H,9,12,15,18-20H2,1-3H3,(H,32,35)/t25-,28+/m0/s1. The number of hydrogen-bond donors (Lipinski definition) is 1. The van der Waals surface area contributed by atoms with E-state index in [1.54, 1.807) is 23.1 Å². The lowest BCUT2D eigenvalue weighted by Crippen LogP contribution is -2.54. The minimum absolute atomic E-state index is 0.0515. The Labute approximate surface area is 236 Å². The first-order chi connectivity index (χ1) is 19.1. The Morgan fingerprint density at radius 2 is 1.62 bits per heavy atom. The van der Waals surface area contributed by atoms with E-state index in [0.29, 0.717) is 53.4 Å². The number of aryl methyl sites for hydroxylation is 3. The number of anilines is 1. The van der Waals surface area contributed by atoms with E-state index in [9.17, 15) is 18.0 Å². The van der Waals surface area contributed by atoms with Gasteiger partial charge in [-0.2, -0.15) is 4.31 Å². The molecule has 0 saturated carbocycles. The molecule has 0 spiro atoms. The van der Waals surface area contributed by atoms with Crippen molar-refractivity contribution in [3.63, 3.8) is 0 Å². The molecule has 0 unspecified atom stereocenters. The molecule has 2 aliphatic heterocycles. The lowest BCUT2D eigenvalue weighted by Gasteiger charge is -2.38. The Morgan fingerprint density at radius 3 is 2.35 bits per heavy atom. The second-order valence-electron chi connectivity index (χ2n) is 10.7. The van der Waals surface area contributed by atoms with Gasteiger partial charge in [0.2, 0.25) is 15.9 Å². The number of piperidine rings is 1. The van der Waals surface area contributed by atoms with Crippen LogP contribution in [0.5, 0.6) is 5.75 Å². The van der Waals surface area contributed by atoms with E-state index >= 15 is 0 Å². The van der Waals surface area contributed by atoms with E-state index in [1.165, 1.54) is 4.31 Å². The SMILES string of the molecule is Cc1cc(C)c(S(=O)(=O)N2CCC[C@H](C(=O)N3C[C@H](C(=O)NCc4ccccc4)Oc4ccccc43)C2)c(C)c1. The van der Waals surface area contributed by atoms with Crippen LogP contribution in [0.25, 0.3) is 0 Å². The highest BCUT2D eigenvalue weighted by Gasteiger charge is 2.40. The Bertz CT molecular complexity index is 1500. The molecule has 2 atom stereocenters. The van der Waals surface area contributed by atoms with E-state index in [4.69, 9.17) is 4.74 Å². The molecule has 3 aromatic carbocycles. The van der Waals surface area contributed by atoms with Crippen LogP contribution < -0.4 is 15.0 Å². The molecule has 210 valence electrons. The largest absolute Gasteiger partial charge is 0.477 e. The molecule has 2 aliphatic rings. The molecule has 0 aliphatic carbocycles. The van der Waals surface area contributed by atoms with Crippen molar-refractivity contribution in [1.82, 2.24) is 9.62 Å². The van der Waals surface area contributed by atoms with E-state index in [0.717, 1.165) is 11.1 Å². The summed E-state index contributed by atoms with van der Waals surface area (Å²) in [6, 6.07) is 20.5. The van der Waals surface area contributed by atoms with E-state index in [1.807, 2.05) is 69.3 Å². The topological polar surface area (TPSA) is 96.0 Å². The van der Waals surface area contributed by atoms with Gasteiger partial charge in [0.1, 0.15) is 5.75 Å². The minimum Gasteiger partial charge on any atom is -0.477 e. The van der Waals surface area contributed by atoms with Gasteiger partial charge in [0, 0.05) is 19.6 Å². The fourth-order valence-corrected chi connectivity index (χ4v) is 7.70. The summed E-state index contributed by atoms with van der Waals surface area (Å²) in [5.74, 6) is -0.592. The monoisotopic (exact) mass is 561 g/mol. The zero-order valence-electron chi connectivity index (χ0n) is 23.1. The number of sulfonamides is 1. The lowest BCUT2D eigenvalue weighted by atomic mass is 9.97. The van der Waals surface area contributed by atoms with Crippen LogP contribution in [0.15, 0.2) is 71.6 Å². The van der Waals surface area contributed by atoms with Crippen LogP contribution in [0, 0.1) is 26.7 Å². The van der Waals surface area contributed by atoms with E-state index < -0.39 is 22.0 Å². The van der Waals surface area contributed by atoms with Gasteiger partial charge in [0.15, 0.2) is 6.10 Å². The summed E-state index contributed by atoms with van der Waals surface area (Å²) < 4.78 is 34.9. The molecule has 0 aromatic heterocycles. The van der Waals surface area contributed by atoms with Gasteiger partial charge in [0.25, 0.3) is 5.91 Å². The van der Waals surface area contributed by atoms with Gasteiger partial charge < -0.3 is 15.0 Å². The number of rotatable bonds is 6. The molecule has 0 radical (unpaired) electrons. The van der Waals surface area contributed by atoms with Crippen molar-refractivity contribution in [1.29, 1.82) is 0 Å². The fraction of sp³-hybridized carbons (Fsp3) is 0.355. The van der Waals surface area contributed by atoms with Gasteiger partial charge in [0.05, 0.1) is 23.0 Å². The lowest BCUT2D eigenvalue weighted by molar-refractivity contribution is -0.129. The highest BCUT2D eigenvalue weighted by molar-refractivity contribution is 7.89. The molecule has 1 fully saturated rings. The quantitative estimate of drug-likeness (QED) is 0.489. The third kappa shape index (κ3) is 5.62. The summed E-state index contributed by atoms with van der Waals surface area (Å²) >= 11 is 0. The number of benzene rings is 3. The molecule has 1 saturated heterocycles. The highest BCUT2D eigenvalue weighted by atomic mass is 32.2. The van der Waals surface area contributed by atoms with Gasteiger partial charge in [-0.05, 0) is 62.4 Å².